The first kappa shape index (κ1) is 21.5. The molecule has 5 nitrogen and oxygen atoms in total. The maximum absolute atomic E-state index is 13.2. The normalized spacial score (nSPS) is 10.4. The van der Waals surface area contributed by atoms with E-state index in [1.807, 2.05) is 42.5 Å². The maximum atomic E-state index is 13.2. The van der Waals surface area contributed by atoms with Gasteiger partial charge in [-0.05, 0) is 54.1 Å². The molecular formula is C23H22ClFN2O3. The van der Waals surface area contributed by atoms with Gasteiger partial charge in [-0.1, -0.05) is 23.7 Å². The van der Waals surface area contributed by atoms with Crippen molar-refractivity contribution in [1.29, 1.82) is 0 Å². The van der Waals surface area contributed by atoms with Crippen molar-refractivity contribution >= 4 is 28.9 Å². The second-order valence-corrected chi connectivity index (χ2v) is 7.03. The fourth-order valence-corrected chi connectivity index (χ4v) is 3.04. The van der Waals surface area contributed by atoms with E-state index in [4.69, 9.17) is 21.1 Å². The molecule has 0 aliphatic carbocycles. The Morgan fingerprint density at radius 3 is 2.40 bits per heavy atom. The van der Waals surface area contributed by atoms with Crippen molar-refractivity contribution in [3.63, 3.8) is 0 Å². The van der Waals surface area contributed by atoms with Crippen LogP contribution in [0.5, 0.6) is 11.5 Å². The largest absolute Gasteiger partial charge is 0.493 e. The summed E-state index contributed by atoms with van der Waals surface area (Å²) < 4.78 is 24.4. The third-order valence-corrected chi connectivity index (χ3v) is 4.68. The highest BCUT2D eigenvalue weighted by molar-refractivity contribution is 6.31. The van der Waals surface area contributed by atoms with Crippen molar-refractivity contribution < 1.29 is 18.7 Å². The van der Waals surface area contributed by atoms with Gasteiger partial charge < -0.3 is 20.1 Å². The van der Waals surface area contributed by atoms with Crippen molar-refractivity contribution in [3.05, 3.63) is 82.6 Å². The van der Waals surface area contributed by atoms with Crippen LogP contribution >= 0.6 is 11.6 Å². The zero-order valence-corrected chi connectivity index (χ0v) is 17.4. The lowest BCUT2D eigenvalue weighted by Gasteiger charge is -2.14. The van der Waals surface area contributed by atoms with Crippen molar-refractivity contribution in [3.8, 4) is 11.5 Å². The van der Waals surface area contributed by atoms with Gasteiger partial charge in [0.05, 0.1) is 12.1 Å². The molecule has 0 aliphatic rings. The highest BCUT2D eigenvalue weighted by Gasteiger charge is 2.09. The molecule has 156 valence electrons. The highest BCUT2D eigenvalue weighted by Crippen LogP contribution is 2.30. The Bertz CT molecular complexity index is 1030. The van der Waals surface area contributed by atoms with E-state index in [2.05, 4.69) is 10.6 Å². The third kappa shape index (κ3) is 5.87. The SMILES string of the molecule is COc1cc(CNc2ccc(NC(C)=O)cc2)ccc1OCc1ccc(F)cc1Cl. The minimum atomic E-state index is -0.386. The molecule has 0 radical (unpaired) electrons. The van der Waals surface area contributed by atoms with Crippen molar-refractivity contribution in [1.82, 2.24) is 0 Å². The van der Waals surface area contributed by atoms with Gasteiger partial charge in [0.1, 0.15) is 12.4 Å². The highest BCUT2D eigenvalue weighted by atomic mass is 35.5. The molecule has 0 bridgehead atoms. The quantitative estimate of drug-likeness (QED) is 0.487. The number of halogens is 2. The Morgan fingerprint density at radius 1 is 1.00 bits per heavy atom. The Labute approximate surface area is 179 Å². The second-order valence-electron chi connectivity index (χ2n) is 6.62. The van der Waals surface area contributed by atoms with Crippen LogP contribution in [-0.2, 0) is 17.9 Å². The van der Waals surface area contributed by atoms with Gasteiger partial charge in [0.2, 0.25) is 5.91 Å². The number of ether oxygens (including phenoxy) is 2. The molecule has 0 unspecified atom stereocenters. The van der Waals surface area contributed by atoms with Gasteiger partial charge >= 0.3 is 0 Å². The minimum absolute atomic E-state index is 0.105. The number of amides is 1. The van der Waals surface area contributed by atoms with Gasteiger partial charge in [-0.2, -0.15) is 0 Å². The number of hydrogen-bond donors (Lipinski definition) is 2. The molecule has 0 saturated heterocycles. The lowest BCUT2D eigenvalue weighted by Crippen LogP contribution is -2.06. The molecule has 0 fully saturated rings. The molecule has 0 saturated carbocycles. The summed E-state index contributed by atoms with van der Waals surface area (Å²) in [4.78, 5) is 11.1. The third-order valence-electron chi connectivity index (χ3n) is 4.33. The van der Waals surface area contributed by atoms with Crippen LogP contribution in [0, 0.1) is 5.82 Å². The molecule has 0 spiro atoms. The molecular weight excluding hydrogens is 407 g/mol. The molecule has 0 aliphatic heterocycles. The molecule has 2 N–H and O–H groups in total. The summed E-state index contributed by atoms with van der Waals surface area (Å²) in [5.41, 5.74) is 3.37. The van der Waals surface area contributed by atoms with E-state index >= 15 is 0 Å². The average molecular weight is 429 g/mol. The predicted molar refractivity (Wildman–Crippen MR) is 117 cm³/mol. The first-order valence-electron chi connectivity index (χ1n) is 9.30. The average Bonchev–Trinajstić information content (AvgIpc) is 2.72. The minimum Gasteiger partial charge on any atom is -0.493 e. The number of benzene rings is 3. The van der Waals surface area contributed by atoms with E-state index in [-0.39, 0.29) is 18.3 Å². The lowest BCUT2D eigenvalue weighted by atomic mass is 10.2. The number of carbonyl (C=O) groups excluding carboxylic acids is 1. The second kappa shape index (κ2) is 9.98. The van der Waals surface area contributed by atoms with Crippen molar-refractivity contribution in [2.75, 3.05) is 17.7 Å². The van der Waals surface area contributed by atoms with Gasteiger partial charge in [0, 0.05) is 30.4 Å². The van der Waals surface area contributed by atoms with E-state index in [0.29, 0.717) is 28.6 Å². The van der Waals surface area contributed by atoms with Crippen LogP contribution < -0.4 is 20.1 Å². The van der Waals surface area contributed by atoms with Crippen LogP contribution in [-0.4, -0.2) is 13.0 Å². The lowest BCUT2D eigenvalue weighted by molar-refractivity contribution is -0.114. The van der Waals surface area contributed by atoms with E-state index in [0.717, 1.165) is 16.9 Å². The zero-order valence-electron chi connectivity index (χ0n) is 16.7. The molecule has 0 atom stereocenters. The van der Waals surface area contributed by atoms with E-state index in [9.17, 15) is 9.18 Å². The Kier molecular flexibility index (Phi) is 7.14. The molecule has 0 heterocycles. The van der Waals surface area contributed by atoms with Crippen LogP contribution in [0.3, 0.4) is 0 Å². The standard InChI is InChI=1S/C23H22ClFN2O3/c1-15(28)27-20-8-6-19(7-9-20)26-13-16-3-10-22(23(11-16)29-2)30-14-17-4-5-18(25)12-21(17)24/h3-12,26H,13-14H2,1-2H3,(H,27,28). The molecule has 7 heteroatoms. The molecule has 3 rings (SSSR count). The van der Waals surface area contributed by atoms with E-state index in [1.165, 1.54) is 19.1 Å². The number of rotatable bonds is 8. The van der Waals surface area contributed by atoms with Crippen LogP contribution in [0.15, 0.2) is 60.7 Å². The number of anilines is 2. The van der Waals surface area contributed by atoms with Gasteiger partial charge in [0.15, 0.2) is 11.5 Å². The first-order valence-corrected chi connectivity index (χ1v) is 9.67. The molecule has 3 aromatic carbocycles. The summed E-state index contributed by atoms with van der Waals surface area (Å²) in [6.07, 6.45) is 0. The van der Waals surface area contributed by atoms with Crippen LogP contribution in [0.4, 0.5) is 15.8 Å². The smallest absolute Gasteiger partial charge is 0.221 e. The van der Waals surface area contributed by atoms with Gasteiger partial charge in [-0.3, -0.25) is 4.79 Å². The van der Waals surface area contributed by atoms with E-state index in [1.54, 1.807) is 13.2 Å². The number of methoxy groups -OCH3 is 1. The topological polar surface area (TPSA) is 59.6 Å². The summed E-state index contributed by atoms with van der Waals surface area (Å²) in [6.45, 7) is 2.26. The monoisotopic (exact) mass is 428 g/mol. The maximum Gasteiger partial charge on any atom is 0.221 e. The molecule has 3 aromatic rings. The van der Waals surface area contributed by atoms with Crippen molar-refractivity contribution in [2.45, 2.75) is 20.1 Å². The number of hydrogen-bond acceptors (Lipinski definition) is 4. The summed E-state index contributed by atoms with van der Waals surface area (Å²) in [5, 5.41) is 6.37. The number of carbonyl (C=O) groups is 1. The fraction of sp³-hybridized carbons (Fsp3) is 0.174. The van der Waals surface area contributed by atoms with Crippen molar-refractivity contribution in [2.24, 2.45) is 0 Å². The summed E-state index contributed by atoms with van der Waals surface area (Å²) in [5.74, 6) is 0.671. The van der Waals surface area contributed by atoms with Crippen LogP contribution in [0.2, 0.25) is 5.02 Å². The summed E-state index contributed by atoms with van der Waals surface area (Å²) >= 11 is 6.05. The number of nitrogens with one attached hydrogen (secondary N) is 2. The van der Waals surface area contributed by atoms with Crippen LogP contribution in [0.25, 0.3) is 0 Å². The molecule has 30 heavy (non-hydrogen) atoms. The molecule has 0 aromatic heterocycles. The Balaban J connectivity index is 1.61. The Morgan fingerprint density at radius 2 is 1.73 bits per heavy atom. The summed E-state index contributed by atoms with van der Waals surface area (Å²) in [7, 11) is 1.57. The van der Waals surface area contributed by atoms with E-state index < -0.39 is 0 Å². The van der Waals surface area contributed by atoms with Gasteiger partial charge in [-0.15, -0.1) is 0 Å². The summed E-state index contributed by atoms with van der Waals surface area (Å²) in [6, 6.07) is 17.3. The fourth-order valence-electron chi connectivity index (χ4n) is 2.81. The van der Waals surface area contributed by atoms with Crippen LogP contribution in [0.1, 0.15) is 18.1 Å². The van der Waals surface area contributed by atoms with Gasteiger partial charge in [0.25, 0.3) is 0 Å². The zero-order chi connectivity index (χ0) is 21.5. The predicted octanol–water partition coefficient (Wildman–Crippen LogP) is 5.64. The molecule has 1 amide bonds. The van der Waals surface area contributed by atoms with Gasteiger partial charge in [-0.25, -0.2) is 4.39 Å². The Hall–Kier alpha value is -3.25. The first-order chi connectivity index (χ1) is 14.4.